The second kappa shape index (κ2) is 7.22. The summed E-state index contributed by atoms with van der Waals surface area (Å²) in [6.45, 7) is 3.64. The highest BCUT2D eigenvalue weighted by atomic mass is 16.4. The number of carbonyl (C=O) groups excluding carboxylic acids is 2. The van der Waals surface area contributed by atoms with Gasteiger partial charge in [-0.2, -0.15) is 0 Å². The summed E-state index contributed by atoms with van der Waals surface area (Å²) in [5.41, 5.74) is 2.14. The minimum absolute atomic E-state index is 0.544. The summed E-state index contributed by atoms with van der Waals surface area (Å²) in [4.78, 5) is 24.3. The first kappa shape index (κ1) is 16.2. The van der Waals surface area contributed by atoms with Crippen molar-refractivity contribution in [1.29, 1.82) is 0 Å². The number of benzene rings is 2. The molecule has 0 unspecified atom stereocenters. The molecule has 0 radical (unpaired) electrons. The fourth-order valence-electron chi connectivity index (χ4n) is 1.98. The Balaban J connectivity index is 2.13. The number of anilines is 2. The molecule has 0 bridgehead atoms. The first-order valence-corrected chi connectivity index (χ1v) is 6.99. The summed E-state index contributed by atoms with van der Waals surface area (Å²) in [5, 5.41) is 17.0. The molecule has 2 rings (SSSR count). The van der Waals surface area contributed by atoms with Gasteiger partial charge in [0.25, 0.3) is 11.8 Å². The third-order valence-electron chi connectivity index (χ3n) is 3.32. The van der Waals surface area contributed by atoms with Crippen molar-refractivity contribution in [3.05, 3.63) is 59.7 Å². The molecule has 0 saturated carbocycles. The lowest BCUT2D eigenvalue weighted by Gasteiger charge is -2.10. The number of nitrogens with zero attached hydrogens (tertiary/aromatic N) is 1. The summed E-state index contributed by atoms with van der Waals surface area (Å²) in [5.74, 6) is -1.57. The van der Waals surface area contributed by atoms with Crippen molar-refractivity contribution in [2.45, 2.75) is 13.8 Å². The van der Waals surface area contributed by atoms with E-state index in [-0.39, 0.29) is 0 Å². The fourth-order valence-corrected chi connectivity index (χ4v) is 1.98. The molecular formula is C17H17N3O3. The van der Waals surface area contributed by atoms with Crippen molar-refractivity contribution in [1.82, 2.24) is 0 Å². The smallest absolute Gasteiger partial charge is 0.283 e. The lowest BCUT2D eigenvalue weighted by Crippen LogP contribution is -2.34. The monoisotopic (exact) mass is 311 g/mol. The van der Waals surface area contributed by atoms with Gasteiger partial charge in [-0.1, -0.05) is 41.6 Å². The van der Waals surface area contributed by atoms with Crippen molar-refractivity contribution >= 4 is 28.9 Å². The van der Waals surface area contributed by atoms with Gasteiger partial charge < -0.3 is 15.8 Å². The number of hydrogen-bond acceptors (Lipinski definition) is 4. The molecule has 6 heteroatoms. The molecule has 118 valence electrons. The number of aryl methyl sites for hydroxylation is 2. The van der Waals surface area contributed by atoms with E-state index in [2.05, 4.69) is 15.8 Å². The molecule has 0 fully saturated rings. The second-order valence-electron chi connectivity index (χ2n) is 4.99. The maximum Gasteiger partial charge on any atom is 0.283 e. The highest BCUT2D eigenvalue weighted by Gasteiger charge is 2.22. The molecular weight excluding hydrogens is 294 g/mol. The molecule has 0 heterocycles. The van der Waals surface area contributed by atoms with E-state index in [1.54, 1.807) is 24.3 Å². The Labute approximate surface area is 133 Å². The first-order chi connectivity index (χ1) is 11.0. The van der Waals surface area contributed by atoms with Crippen LogP contribution in [0.4, 0.5) is 11.4 Å². The van der Waals surface area contributed by atoms with Crippen LogP contribution in [-0.2, 0) is 9.59 Å². The Hall–Kier alpha value is -3.15. The van der Waals surface area contributed by atoms with E-state index in [4.69, 9.17) is 5.21 Å². The number of amides is 2. The Morgan fingerprint density at radius 3 is 1.57 bits per heavy atom. The average molecular weight is 311 g/mol. The van der Waals surface area contributed by atoms with Crippen LogP contribution in [-0.4, -0.2) is 22.7 Å². The number of hydrogen-bond donors (Lipinski definition) is 3. The Kier molecular flexibility index (Phi) is 5.09. The van der Waals surface area contributed by atoms with Crippen molar-refractivity contribution in [2.24, 2.45) is 5.16 Å². The SMILES string of the molecule is Cc1ccccc1NC(=O)C(=NO)C(=O)Nc1ccccc1C. The molecule has 6 nitrogen and oxygen atoms in total. The standard InChI is InChI=1S/C17H17N3O3/c1-11-7-3-5-9-13(11)18-16(21)15(20-23)17(22)19-14-10-6-4-8-12(14)2/h3-10,23H,1-2H3,(H,18,21)(H,19,22). The van der Waals surface area contributed by atoms with Crippen LogP contribution in [0.2, 0.25) is 0 Å². The van der Waals surface area contributed by atoms with Crippen LogP contribution < -0.4 is 10.6 Å². The van der Waals surface area contributed by atoms with Crippen LogP contribution in [0.15, 0.2) is 53.7 Å². The van der Waals surface area contributed by atoms with E-state index in [0.29, 0.717) is 11.4 Å². The van der Waals surface area contributed by atoms with Gasteiger partial charge in [0.1, 0.15) is 0 Å². The minimum atomic E-state index is -0.784. The molecule has 0 aliphatic heterocycles. The van der Waals surface area contributed by atoms with Crippen molar-refractivity contribution in [2.75, 3.05) is 10.6 Å². The van der Waals surface area contributed by atoms with Gasteiger partial charge in [0.05, 0.1) is 0 Å². The van der Waals surface area contributed by atoms with Crippen molar-refractivity contribution in [3.63, 3.8) is 0 Å². The topological polar surface area (TPSA) is 90.8 Å². The highest BCUT2D eigenvalue weighted by molar-refractivity contribution is 6.68. The van der Waals surface area contributed by atoms with Gasteiger partial charge in [0.15, 0.2) is 0 Å². The molecule has 0 saturated heterocycles. The number of carbonyl (C=O) groups is 2. The zero-order valence-electron chi connectivity index (χ0n) is 12.8. The van der Waals surface area contributed by atoms with Crippen LogP contribution in [0.1, 0.15) is 11.1 Å². The van der Waals surface area contributed by atoms with Gasteiger partial charge in [0, 0.05) is 11.4 Å². The molecule has 0 atom stereocenters. The normalized spacial score (nSPS) is 9.83. The molecule has 0 aromatic heterocycles. The Morgan fingerprint density at radius 2 is 1.22 bits per heavy atom. The first-order valence-electron chi connectivity index (χ1n) is 6.99. The second-order valence-corrected chi connectivity index (χ2v) is 4.99. The van der Waals surface area contributed by atoms with Crippen molar-refractivity contribution < 1.29 is 14.8 Å². The van der Waals surface area contributed by atoms with E-state index in [0.717, 1.165) is 11.1 Å². The zero-order valence-corrected chi connectivity index (χ0v) is 12.8. The minimum Gasteiger partial charge on any atom is -0.410 e. The number of oxime groups is 1. The van der Waals surface area contributed by atoms with E-state index < -0.39 is 17.5 Å². The number of nitrogens with one attached hydrogen (secondary N) is 2. The third kappa shape index (κ3) is 3.94. The van der Waals surface area contributed by atoms with Crippen LogP contribution in [0.3, 0.4) is 0 Å². The maximum absolute atomic E-state index is 12.1. The van der Waals surface area contributed by atoms with E-state index in [9.17, 15) is 9.59 Å². The predicted octanol–water partition coefficient (Wildman–Crippen LogP) is 2.71. The van der Waals surface area contributed by atoms with E-state index in [1.165, 1.54) is 0 Å². The van der Waals surface area contributed by atoms with Crippen LogP contribution >= 0.6 is 0 Å². The van der Waals surface area contributed by atoms with Crippen LogP contribution in [0.25, 0.3) is 0 Å². The van der Waals surface area contributed by atoms with E-state index >= 15 is 0 Å². The number of para-hydroxylation sites is 2. The molecule has 2 aromatic rings. The summed E-state index contributed by atoms with van der Waals surface area (Å²) in [6.07, 6.45) is 0. The fraction of sp³-hybridized carbons (Fsp3) is 0.118. The van der Waals surface area contributed by atoms with Gasteiger partial charge >= 0.3 is 0 Å². The summed E-state index contributed by atoms with van der Waals surface area (Å²) in [6, 6.07) is 14.2. The largest absolute Gasteiger partial charge is 0.410 e. The summed E-state index contributed by atoms with van der Waals surface area (Å²) in [7, 11) is 0. The third-order valence-corrected chi connectivity index (χ3v) is 3.32. The van der Waals surface area contributed by atoms with Crippen molar-refractivity contribution in [3.8, 4) is 0 Å². The van der Waals surface area contributed by atoms with Gasteiger partial charge in [-0.3, -0.25) is 9.59 Å². The molecule has 23 heavy (non-hydrogen) atoms. The molecule has 2 amide bonds. The molecule has 0 aliphatic carbocycles. The van der Waals surface area contributed by atoms with Gasteiger partial charge in [-0.25, -0.2) is 0 Å². The van der Waals surface area contributed by atoms with Gasteiger partial charge in [-0.15, -0.1) is 0 Å². The maximum atomic E-state index is 12.1. The van der Waals surface area contributed by atoms with Gasteiger partial charge in [-0.05, 0) is 37.1 Å². The predicted molar refractivity (Wildman–Crippen MR) is 88.8 cm³/mol. The highest BCUT2D eigenvalue weighted by Crippen LogP contribution is 2.15. The lowest BCUT2D eigenvalue weighted by atomic mass is 10.2. The molecule has 2 aromatic carbocycles. The summed E-state index contributed by atoms with van der Waals surface area (Å²) >= 11 is 0. The molecule has 0 spiro atoms. The zero-order chi connectivity index (χ0) is 16.8. The van der Waals surface area contributed by atoms with Crippen LogP contribution in [0, 0.1) is 13.8 Å². The average Bonchev–Trinajstić information content (AvgIpc) is 2.52. The van der Waals surface area contributed by atoms with E-state index in [1.807, 2.05) is 38.1 Å². The molecule has 3 N–H and O–H groups in total. The Morgan fingerprint density at radius 1 is 0.826 bits per heavy atom. The lowest BCUT2D eigenvalue weighted by molar-refractivity contribution is -0.114. The number of rotatable bonds is 4. The Bertz CT molecular complexity index is 708. The quantitative estimate of drug-likeness (QED) is 0.351. The van der Waals surface area contributed by atoms with Gasteiger partial charge in [0.2, 0.25) is 5.71 Å². The summed E-state index contributed by atoms with van der Waals surface area (Å²) < 4.78 is 0. The van der Waals surface area contributed by atoms with Crippen LogP contribution in [0.5, 0.6) is 0 Å². The molecule has 0 aliphatic rings.